The van der Waals surface area contributed by atoms with Crippen LogP contribution >= 0.6 is 0 Å². The quantitative estimate of drug-likeness (QED) is 0.137. The van der Waals surface area contributed by atoms with Crippen molar-refractivity contribution in [2.24, 2.45) is 0 Å². The molecule has 21 rings (SSSR count). The molecule has 0 N–H and O–H groups in total. The molecule has 2 aliphatic heterocycles. The van der Waals surface area contributed by atoms with Crippen LogP contribution in [-0.2, 0) is 10.8 Å². The Bertz CT molecular complexity index is 6560. The third kappa shape index (κ3) is 10.4. The Hall–Kier alpha value is -15.1. The van der Waals surface area contributed by atoms with Crippen molar-refractivity contribution >= 4 is 0 Å². The van der Waals surface area contributed by atoms with Gasteiger partial charge in [0.2, 0.25) is 0 Å². The third-order valence-corrected chi connectivity index (χ3v) is 21.7. The molecule has 2 atom stereocenters. The molecule has 10 nitrogen and oxygen atoms in total. The molecule has 2 spiro atoms. The van der Waals surface area contributed by atoms with Crippen molar-refractivity contribution in [2.45, 2.75) is 10.8 Å². The maximum Gasteiger partial charge on any atom is 0.164 e. The molecule has 0 fully saturated rings. The largest absolute Gasteiger partial charge is 0.456 e. The maximum absolute atomic E-state index is 10.2. The van der Waals surface area contributed by atoms with Crippen LogP contribution in [0.3, 0.4) is 0 Å². The zero-order valence-electron chi connectivity index (χ0n) is 59.0. The second-order valence-corrected chi connectivity index (χ2v) is 27.6. The topological polar surface area (TPSA) is 143 Å². The Kier molecular flexibility index (Phi) is 15.5. The molecular formula is C100H60N8O2. The summed E-state index contributed by atoms with van der Waals surface area (Å²) >= 11 is 0. The average molecular weight is 1410 g/mol. The molecule has 2 unspecified atom stereocenters. The maximum atomic E-state index is 10.2. The minimum Gasteiger partial charge on any atom is -0.456 e. The molecule has 10 heteroatoms. The number of hydrogen-bond acceptors (Lipinski definition) is 10. The average Bonchev–Trinajstić information content (AvgIpc) is 1.50. The summed E-state index contributed by atoms with van der Waals surface area (Å²) in [5.74, 6) is 6.67. The molecular weight excluding hydrogens is 1350 g/mol. The van der Waals surface area contributed by atoms with Crippen molar-refractivity contribution in [3.63, 3.8) is 0 Å². The Balaban J connectivity index is 0.000000145. The first-order chi connectivity index (χ1) is 54.4. The molecule has 15 aromatic carbocycles. The number of rotatable bonds is 9. The van der Waals surface area contributed by atoms with Crippen molar-refractivity contribution in [3.05, 3.63) is 420 Å². The van der Waals surface area contributed by atoms with Crippen LogP contribution in [0.4, 0.5) is 0 Å². The summed E-state index contributed by atoms with van der Waals surface area (Å²) < 4.78 is 13.4. The summed E-state index contributed by atoms with van der Waals surface area (Å²) in [7, 11) is 0. The zero-order valence-corrected chi connectivity index (χ0v) is 59.0. The van der Waals surface area contributed by atoms with Gasteiger partial charge in [-0.15, -0.1) is 0 Å². The summed E-state index contributed by atoms with van der Waals surface area (Å²) in [6.45, 7) is 0. The van der Waals surface area contributed by atoms with Crippen LogP contribution in [0.5, 0.6) is 23.0 Å². The van der Waals surface area contributed by atoms with Crippen LogP contribution in [0.1, 0.15) is 55.6 Å². The van der Waals surface area contributed by atoms with E-state index >= 15 is 0 Å². The van der Waals surface area contributed by atoms with E-state index in [9.17, 15) is 10.5 Å². The highest BCUT2D eigenvalue weighted by atomic mass is 16.5. The van der Waals surface area contributed by atoms with Crippen molar-refractivity contribution in [1.82, 2.24) is 29.9 Å². The monoisotopic (exact) mass is 1400 g/mol. The van der Waals surface area contributed by atoms with Crippen LogP contribution in [0, 0.1) is 22.7 Å². The Labute approximate surface area is 635 Å². The van der Waals surface area contributed by atoms with Gasteiger partial charge >= 0.3 is 0 Å². The fraction of sp³-hybridized carbons (Fsp3) is 0.0200. The van der Waals surface area contributed by atoms with Crippen molar-refractivity contribution in [1.29, 1.82) is 10.5 Å². The summed E-state index contributed by atoms with van der Waals surface area (Å²) in [6.07, 6.45) is 0. The van der Waals surface area contributed by atoms with E-state index in [4.69, 9.17) is 39.4 Å². The molecule has 0 radical (unpaired) electrons. The third-order valence-electron chi connectivity index (χ3n) is 21.7. The molecule has 4 heterocycles. The minimum absolute atomic E-state index is 0.522. The van der Waals surface area contributed by atoms with E-state index in [-0.39, 0.29) is 0 Å². The molecule has 2 aromatic heterocycles. The highest BCUT2D eigenvalue weighted by Gasteiger charge is 2.54. The number of aromatic nitrogens is 6. The molecule has 0 bridgehead atoms. The van der Waals surface area contributed by atoms with Gasteiger partial charge in [-0.2, -0.15) is 10.5 Å². The molecule has 0 saturated carbocycles. The van der Waals surface area contributed by atoms with Gasteiger partial charge in [0.1, 0.15) is 29.1 Å². The van der Waals surface area contributed by atoms with Crippen LogP contribution in [0.2, 0.25) is 0 Å². The zero-order chi connectivity index (χ0) is 73.3. The smallest absolute Gasteiger partial charge is 0.164 e. The van der Waals surface area contributed by atoms with Gasteiger partial charge in [-0.1, -0.05) is 328 Å². The number of nitrogens with zero attached hydrogens (tertiary/aromatic N) is 8. The fourth-order valence-electron chi connectivity index (χ4n) is 17.0. The molecule has 110 heavy (non-hydrogen) atoms. The Morgan fingerprint density at radius 3 is 1.08 bits per heavy atom. The highest BCUT2D eigenvalue weighted by Crippen LogP contribution is 2.66. The van der Waals surface area contributed by atoms with Crippen LogP contribution < -0.4 is 9.47 Å². The van der Waals surface area contributed by atoms with Gasteiger partial charge in [0.15, 0.2) is 34.9 Å². The van der Waals surface area contributed by atoms with Gasteiger partial charge < -0.3 is 9.47 Å². The number of para-hydroxylation sites is 4. The van der Waals surface area contributed by atoms with Crippen molar-refractivity contribution < 1.29 is 9.47 Å². The van der Waals surface area contributed by atoms with E-state index in [1.807, 2.05) is 152 Å². The normalized spacial score (nSPS) is 14.6. The summed E-state index contributed by atoms with van der Waals surface area (Å²) in [6, 6.07) is 129. The SMILES string of the molecule is N#Cc1ccc(-c2cccc3c2Oc2ccccc2C32c3ccccc3-c3c(-c4nc(-c5ccccc5)nc(-c5cccc(-c6ccccc6)c5)n4)cccc32)cc1.N#Cc1cccc2c1Oc1ccccc1C21c2ccccc2-c2c(-c3ccc(-c4nc(-c5ccccc5)nc(-c5ccccc5)n4)cc3)cccc21. The van der Waals surface area contributed by atoms with Gasteiger partial charge in [-0.3, -0.25) is 0 Å². The highest BCUT2D eigenvalue weighted by molar-refractivity contribution is 5.99. The lowest BCUT2D eigenvalue weighted by Gasteiger charge is -2.40. The van der Waals surface area contributed by atoms with E-state index in [1.165, 1.54) is 27.8 Å². The number of benzene rings is 15. The molecule has 0 saturated heterocycles. The van der Waals surface area contributed by atoms with Crippen LogP contribution in [0.25, 0.3) is 124 Å². The van der Waals surface area contributed by atoms with E-state index in [1.54, 1.807) is 0 Å². The molecule has 4 aliphatic rings. The van der Waals surface area contributed by atoms with Crippen molar-refractivity contribution in [2.75, 3.05) is 0 Å². The van der Waals surface area contributed by atoms with E-state index in [0.717, 1.165) is 123 Å². The first kappa shape index (κ1) is 64.5. The first-order valence-electron chi connectivity index (χ1n) is 36.6. The molecule has 2 aliphatic carbocycles. The van der Waals surface area contributed by atoms with Crippen LogP contribution in [0.15, 0.2) is 364 Å². The van der Waals surface area contributed by atoms with E-state index in [0.29, 0.717) is 51.8 Å². The van der Waals surface area contributed by atoms with Crippen LogP contribution in [-0.4, -0.2) is 29.9 Å². The predicted molar refractivity (Wildman–Crippen MR) is 433 cm³/mol. The fourth-order valence-corrected chi connectivity index (χ4v) is 17.0. The molecule has 0 amide bonds. The van der Waals surface area contributed by atoms with E-state index < -0.39 is 10.8 Å². The number of ether oxygens (including phenoxy) is 2. The lowest BCUT2D eigenvalue weighted by molar-refractivity contribution is 0.435. The van der Waals surface area contributed by atoms with Gasteiger partial charge in [-0.05, 0) is 109 Å². The van der Waals surface area contributed by atoms with Gasteiger partial charge in [0.25, 0.3) is 0 Å². The second-order valence-electron chi connectivity index (χ2n) is 27.6. The standard InChI is InChI=1S/C53H32N4O.C47H28N4O/c54-33-34-28-30-36(31-29-34)40-21-12-26-46-49(40)58-47-27-10-9-24-44(47)53(46)43-23-8-7-20-41(43)48-42(22-13-25-45(48)53)52-56-50(37-16-5-2-6-17-37)55-51(57-52)39-19-11-18-38(32-39)35-14-3-1-4-15-35;48-29-34-17-11-23-40-43(34)52-41-24-10-9-21-38(41)47(40)37-20-8-7-18-36(37)42-35(19-12-22-39(42)47)30-25-27-33(28-26-30)46-50-44(31-13-3-1-4-14-31)49-45(51-46)32-15-5-2-6-16-32/h1-32H;1-28H. The lowest BCUT2D eigenvalue weighted by atomic mass is 9.65. The lowest BCUT2D eigenvalue weighted by Crippen LogP contribution is -2.32. The summed E-state index contributed by atoms with van der Waals surface area (Å²) in [5, 5.41) is 19.7. The summed E-state index contributed by atoms with van der Waals surface area (Å²) in [5.41, 5.74) is 25.0. The first-order valence-corrected chi connectivity index (χ1v) is 36.6. The minimum atomic E-state index is -0.711. The Morgan fingerprint density at radius 1 is 0.218 bits per heavy atom. The van der Waals surface area contributed by atoms with Crippen molar-refractivity contribution in [3.8, 4) is 159 Å². The van der Waals surface area contributed by atoms with Gasteiger partial charge in [-0.25, -0.2) is 29.9 Å². The Morgan fingerprint density at radius 2 is 0.555 bits per heavy atom. The number of hydrogen-bond donors (Lipinski definition) is 0. The van der Waals surface area contributed by atoms with Gasteiger partial charge in [0.05, 0.1) is 28.0 Å². The summed E-state index contributed by atoms with van der Waals surface area (Å²) in [4.78, 5) is 30.4. The van der Waals surface area contributed by atoms with E-state index in [2.05, 4.69) is 224 Å². The van der Waals surface area contributed by atoms with Gasteiger partial charge in [0, 0.05) is 61.2 Å². The number of fused-ring (bicyclic) bond motifs is 18. The predicted octanol–water partition coefficient (Wildman–Crippen LogP) is 23.4. The second kappa shape index (κ2) is 26.5. The molecule has 17 aromatic rings. The number of nitriles is 2. The molecule has 512 valence electrons.